The van der Waals surface area contributed by atoms with Gasteiger partial charge in [-0.3, -0.25) is 54.6 Å². The molecule has 0 aliphatic rings. The van der Waals surface area contributed by atoms with E-state index in [0.717, 1.165) is 0 Å². The van der Waals surface area contributed by atoms with Gasteiger partial charge in [-0.1, -0.05) is 0 Å². The van der Waals surface area contributed by atoms with Crippen molar-refractivity contribution in [2.24, 2.45) is 0 Å². The molecular weight excluding hydrogens is 940 g/mol. The van der Waals surface area contributed by atoms with Crippen LogP contribution in [0.1, 0.15) is 28.5 Å². The van der Waals surface area contributed by atoms with Crippen molar-refractivity contribution in [3.63, 3.8) is 0 Å². The molecule has 0 heterocycles. The van der Waals surface area contributed by atoms with Gasteiger partial charge < -0.3 is 28.5 Å². The molecular formula is H32Na20O18S6. The van der Waals surface area contributed by atoms with Gasteiger partial charge in [-0.15, -0.1) is 0 Å². The van der Waals surface area contributed by atoms with Gasteiger partial charge in [-0.2, -0.15) is 25.3 Å². The van der Waals surface area contributed by atoms with E-state index in [1.807, 2.05) is 0 Å². The Labute approximate surface area is 746 Å². The Morgan fingerprint density at radius 3 is 0.182 bits per heavy atom. The van der Waals surface area contributed by atoms with Crippen molar-refractivity contribution in [1.82, 2.24) is 0 Å². The maximum atomic E-state index is 8.67. The summed E-state index contributed by atoms with van der Waals surface area (Å²) < 4.78 is 137. The summed E-state index contributed by atoms with van der Waals surface area (Å²) in [6.45, 7) is 0. The van der Waals surface area contributed by atoms with E-state index in [-0.39, 0.29) is 620 Å². The van der Waals surface area contributed by atoms with Gasteiger partial charge in [0.25, 0.3) is 68.2 Å². The molecule has 196 valence electrons. The summed E-state index contributed by atoms with van der Waals surface area (Å²) in [4.78, 5) is 0. The van der Waals surface area contributed by atoms with Gasteiger partial charge in [-0.25, -0.2) is 0 Å². The fourth-order valence-electron chi connectivity index (χ4n) is 0. The first-order valence-corrected chi connectivity index (χ1v) is 9.57. The van der Waals surface area contributed by atoms with Crippen LogP contribution in [0.5, 0.6) is 0 Å². The molecule has 0 rings (SSSR count). The van der Waals surface area contributed by atoms with Crippen LogP contribution in [0.15, 0.2) is 0 Å². The second-order valence-electron chi connectivity index (χ2n) is 1.38. The summed E-state index contributed by atoms with van der Waals surface area (Å²) in [6.07, 6.45) is 0. The second-order valence-corrected chi connectivity index (χ2v) is 4.15. The minimum absolute atomic E-state index is 0. The third kappa shape index (κ3) is 565. The molecule has 0 spiro atoms. The predicted octanol–water partition coefficient (Wildman–Crippen LogP) is -59.6. The minimum Gasteiger partial charge on any atom is -1.00 e. The number of rotatable bonds is 0. The topological polar surface area (TPSA) is 345 Å². The number of hydrogen-bond acceptors (Lipinski definition) is 6. The molecule has 0 aromatic heterocycles. The number of hydrogen-bond donors (Lipinski definition) is 12. The Morgan fingerprint density at radius 1 is 0.182 bits per heavy atom. The predicted molar refractivity (Wildman–Crippen MR) is 103 cm³/mol. The molecule has 18 nitrogen and oxygen atoms in total. The summed E-state index contributed by atoms with van der Waals surface area (Å²) >= 11 is -15.7. The summed E-state index contributed by atoms with van der Waals surface area (Å²) in [7, 11) is 0. The van der Waals surface area contributed by atoms with Gasteiger partial charge in [0.2, 0.25) is 0 Å². The molecule has 0 bridgehead atoms. The zero-order chi connectivity index (χ0) is 21.5. The maximum absolute atomic E-state index is 8.67. The third-order valence-electron chi connectivity index (χ3n) is 0. The van der Waals surface area contributed by atoms with Crippen molar-refractivity contribution in [3.8, 4) is 0 Å². The SMILES string of the molecule is O=S(O)O.O=S(O)O.O=S(O)O.O=S(O)O.O=S(O)O.O=S(O)O.[H-].[H-].[H-].[H-].[H-].[H-].[H-].[H-].[H-].[H-].[H-].[H-].[H-].[H-].[H-].[H-].[H-].[H-].[H-].[H-].[Na+].[Na+].[Na+].[Na+].[Na+].[Na+].[Na+].[Na+].[Na+].[Na+].[Na+].[Na+].[Na+].[Na+].[Na+].[Na+].[Na+].[Na+].[Na+].[Na+]. The van der Waals surface area contributed by atoms with Gasteiger partial charge in [0.05, 0.1) is 0 Å². The van der Waals surface area contributed by atoms with E-state index in [9.17, 15) is 0 Å². The van der Waals surface area contributed by atoms with Crippen molar-refractivity contribution in [1.29, 1.82) is 0 Å². The first-order chi connectivity index (χ1) is 10.4. The largest absolute Gasteiger partial charge is 1.00 e. The molecule has 0 aliphatic carbocycles. The molecule has 0 aromatic carbocycles. The van der Waals surface area contributed by atoms with E-state index < -0.39 is 68.2 Å². The molecule has 44 heavy (non-hydrogen) atoms. The molecule has 0 radical (unpaired) electrons. The van der Waals surface area contributed by atoms with Crippen LogP contribution in [-0.2, 0) is 68.2 Å². The van der Waals surface area contributed by atoms with E-state index >= 15 is 0 Å². The summed E-state index contributed by atoms with van der Waals surface area (Å²) in [5.74, 6) is 0. The zero-order valence-corrected chi connectivity index (χ0v) is 75.2. The molecule has 44 heteroatoms. The summed E-state index contributed by atoms with van der Waals surface area (Å²) in [5, 5.41) is 0. The fraction of sp³-hybridized carbons (Fsp3) is 0. The van der Waals surface area contributed by atoms with Crippen molar-refractivity contribution in [2.75, 3.05) is 0 Å². The van der Waals surface area contributed by atoms with Crippen LogP contribution in [0.25, 0.3) is 0 Å². The van der Waals surface area contributed by atoms with Gasteiger partial charge in [0.15, 0.2) is 0 Å². The Kier molecular flexibility index (Phi) is 668. The van der Waals surface area contributed by atoms with Crippen LogP contribution >= 0.6 is 0 Å². The quantitative estimate of drug-likeness (QED) is 0.0792. The first-order valence-electron chi connectivity index (χ1n) is 3.19. The van der Waals surface area contributed by atoms with Crippen LogP contribution in [-0.4, -0.2) is 79.9 Å². The van der Waals surface area contributed by atoms with Crippen molar-refractivity contribution >= 4 is 68.2 Å². The summed E-state index contributed by atoms with van der Waals surface area (Å²) in [6, 6.07) is 0. The molecule has 12 N–H and O–H groups in total. The van der Waals surface area contributed by atoms with Gasteiger partial charge >= 0.3 is 591 Å². The van der Waals surface area contributed by atoms with E-state index in [1.165, 1.54) is 0 Å². The van der Waals surface area contributed by atoms with Crippen LogP contribution in [0.4, 0.5) is 0 Å². The molecule has 0 atom stereocenters. The Morgan fingerprint density at radius 2 is 0.182 bits per heavy atom. The van der Waals surface area contributed by atoms with E-state index in [2.05, 4.69) is 0 Å². The van der Waals surface area contributed by atoms with Gasteiger partial charge in [0.1, 0.15) is 0 Å². The van der Waals surface area contributed by atoms with Crippen molar-refractivity contribution in [2.45, 2.75) is 0 Å². The fourth-order valence-corrected chi connectivity index (χ4v) is 0. The normalized spacial score (nSPS) is 4.77. The molecule has 0 fully saturated rings. The van der Waals surface area contributed by atoms with E-state index in [1.54, 1.807) is 0 Å². The second kappa shape index (κ2) is 167. The monoisotopic (exact) mass is 972 g/mol. The van der Waals surface area contributed by atoms with Crippen LogP contribution < -0.4 is 591 Å². The zero-order valence-electron chi connectivity index (χ0n) is 50.3. The molecule has 0 saturated carbocycles. The van der Waals surface area contributed by atoms with Crippen LogP contribution in [0, 0.1) is 0 Å². The maximum Gasteiger partial charge on any atom is 1.00 e. The standard InChI is InChI=1S/20Na.6H2O3S.20H/c;;;;;;;;;;;;;;;;;;;;6*1-4(2)3;;;;;;;;;;;;;;;;;;;;/h;;;;;;;;;;;;;;;;;;;;6*(H2,1,2,3);;;;;;;;;;;;;;;;;;;;/q20*+1;;;;;;;20*-1. The average Bonchev–Trinajstić information content (AvgIpc) is 2.08. The molecule has 0 aromatic rings. The Hall–Kier alpha value is 20.4. The van der Waals surface area contributed by atoms with Gasteiger partial charge in [0, 0.05) is 0 Å². The van der Waals surface area contributed by atoms with Crippen molar-refractivity contribution < 1.29 is 700 Å². The van der Waals surface area contributed by atoms with E-state index in [0.29, 0.717) is 0 Å². The minimum atomic E-state index is -2.61. The summed E-state index contributed by atoms with van der Waals surface area (Å²) in [5.41, 5.74) is 0. The molecule has 0 unspecified atom stereocenters. The smallest absolute Gasteiger partial charge is 1.00 e. The van der Waals surface area contributed by atoms with Crippen LogP contribution in [0.3, 0.4) is 0 Å². The Balaban J connectivity index is -0.00000000123. The van der Waals surface area contributed by atoms with E-state index in [4.69, 9.17) is 79.9 Å². The molecule has 0 amide bonds. The van der Waals surface area contributed by atoms with Crippen molar-refractivity contribution in [3.05, 3.63) is 0 Å². The average molecular weight is 972 g/mol. The van der Waals surface area contributed by atoms with Gasteiger partial charge in [-0.05, 0) is 0 Å². The molecule has 0 saturated heterocycles. The third-order valence-corrected chi connectivity index (χ3v) is 0. The Bertz CT molecular complexity index is 352. The molecule has 0 aliphatic heterocycles. The first kappa shape index (κ1) is 176. The van der Waals surface area contributed by atoms with Crippen LogP contribution in [0.2, 0.25) is 0 Å².